The molecule has 2 N–H and O–H groups in total. The van der Waals surface area contributed by atoms with Crippen molar-refractivity contribution < 1.29 is 14.0 Å². The molecular formula is C27H38ClFN4O3. The number of allylic oxidation sites excluding steroid dienone is 4. The number of carbonyl (C=O) groups excluding carboxylic acids is 2. The minimum atomic E-state index is -0.272. The van der Waals surface area contributed by atoms with Crippen molar-refractivity contribution in [1.29, 1.82) is 0 Å². The molecule has 1 saturated heterocycles. The Morgan fingerprint density at radius 3 is 2.17 bits per heavy atom. The van der Waals surface area contributed by atoms with Crippen molar-refractivity contribution >= 4 is 29.7 Å². The second-order valence-corrected chi connectivity index (χ2v) is 7.78. The summed E-state index contributed by atoms with van der Waals surface area (Å²) in [5, 5.41) is 5.99. The van der Waals surface area contributed by atoms with Gasteiger partial charge >= 0.3 is 6.03 Å². The first kappa shape index (κ1) is 32.6. The van der Waals surface area contributed by atoms with Gasteiger partial charge in [-0.05, 0) is 70.0 Å². The Bertz CT molecular complexity index is 1010. The first-order chi connectivity index (χ1) is 17.3. The minimum absolute atomic E-state index is 0.0187. The fourth-order valence-corrected chi connectivity index (χ4v) is 2.79. The summed E-state index contributed by atoms with van der Waals surface area (Å²) in [5.74, 6) is -0.272. The van der Waals surface area contributed by atoms with E-state index in [1.807, 2.05) is 38.7 Å². The normalized spacial score (nSPS) is 12.6. The van der Waals surface area contributed by atoms with Gasteiger partial charge in [0, 0.05) is 48.3 Å². The number of rotatable bonds is 5. The Labute approximate surface area is 218 Å². The van der Waals surface area contributed by atoms with Crippen LogP contribution >= 0.6 is 11.6 Å². The highest BCUT2D eigenvalue weighted by Gasteiger charge is 2.17. The summed E-state index contributed by atoms with van der Waals surface area (Å²) < 4.78 is 13.7. The molecule has 0 atom stereocenters. The smallest absolute Gasteiger partial charge is 0.321 e. The Morgan fingerprint density at radius 1 is 1.08 bits per heavy atom. The second-order valence-electron chi connectivity index (χ2n) is 7.35. The molecule has 9 heteroatoms. The zero-order valence-electron chi connectivity index (χ0n) is 21.8. The van der Waals surface area contributed by atoms with Gasteiger partial charge in [-0.3, -0.25) is 9.59 Å². The van der Waals surface area contributed by atoms with E-state index in [-0.39, 0.29) is 17.4 Å². The van der Waals surface area contributed by atoms with Crippen LogP contribution in [0.5, 0.6) is 0 Å². The fourth-order valence-electron chi connectivity index (χ4n) is 2.67. The van der Waals surface area contributed by atoms with E-state index in [1.165, 1.54) is 23.6 Å². The maximum Gasteiger partial charge on any atom is 0.321 e. The second kappa shape index (κ2) is 19.9. The summed E-state index contributed by atoms with van der Waals surface area (Å²) in [6, 6.07) is 12.0. The van der Waals surface area contributed by atoms with Gasteiger partial charge in [-0.1, -0.05) is 37.6 Å². The van der Waals surface area contributed by atoms with Crippen molar-refractivity contribution in [2.75, 3.05) is 18.4 Å². The molecule has 7 nitrogen and oxygen atoms in total. The summed E-state index contributed by atoms with van der Waals surface area (Å²) in [5.41, 5.74) is 1.56. The number of nitrogens with zero attached hydrogens (tertiary/aromatic N) is 2. The molecule has 36 heavy (non-hydrogen) atoms. The van der Waals surface area contributed by atoms with Gasteiger partial charge in [0.1, 0.15) is 0 Å². The number of urea groups is 1. The van der Waals surface area contributed by atoms with Gasteiger partial charge in [0.05, 0.1) is 5.83 Å². The van der Waals surface area contributed by atoms with Crippen LogP contribution in [0.3, 0.4) is 0 Å². The lowest BCUT2D eigenvalue weighted by Crippen LogP contribution is -2.32. The van der Waals surface area contributed by atoms with E-state index in [0.29, 0.717) is 18.0 Å². The number of anilines is 1. The molecule has 2 heterocycles. The van der Waals surface area contributed by atoms with E-state index >= 15 is 0 Å². The van der Waals surface area contributed by atoms with Crippen LogP contribution in [0.25, 0.3) is 0 Å². The third kappa shape index (κ3) is 14.8. The lowest BCUT2D eigenvalue weighted by atomic mass is 10.3. The Morgan fingerprint density at radius 2 is 1.69 bits per heavy atom. The van der Waals surface area contributed by atoms with Crippen molar-refractivity contribution in [2.24, 2.45) is 0 Å². The van der Waals surface area contributed by atoms with Crippen molar-refractivity contribution in [2.45, 2.75) is 54.0 Å². The van der Waals surface area contributed by atoms with Gasteiger partial charge in [0.25, 0.3) is 5.56 Å². The molecule has 0 spiro atoms. The van der Waals surface area contributed by atoms with Crippen LogP contribution in [0, 0.1) is 0 Å². The number of benzene rings is 1. The quantitative estimate of drug-likeness (QED) is 0.449. The Balaban J connectivity index is 0.000000524. The van der Waals surface area contributed by atoms with Gasteiger partial charge < -0.3 is 20.1 Å². The molecule has 0 bridgehead atoms. The number of hydrogen-bond acceptors (Lipinski definition) is 3. The average Bonchev–Trinajstić information content (AvgIpc) is 3.42. The van der Waals surface area contributed by atoms with Gasteiger partial charge in [0.15, 0.2) is 0 Å². The van der Waals surface area contributed by atoms with Crippen molar-refractivity contribution in [3.05, 3.63) is 87.7 Å². The molecular weight excluding hydrogens is 483 g/mol. The van der Waals surface area contributed by atoms with Crippen LogP contribution < -0.4 is 16.2 Å². The predicted molar refractivity (Wildman–Crippen MR) is 147 cm³/mol. The largest absolute Gasteiger partial charge is 0.333 e. The minimum Gasteiger partial charge on any atom is -0.333 e. The molecule has 0 radical (unpaired) electrons. The van der Waals surface area contributed by atoms with E-state index in [9.17, 15) is 18.8 Å². The van der Waals surface area contributed by atoms with E-state index < -0.39 is 0 Å². The Hall–Kier alpha value is -3.39. The standard InChI is InChI=1S/C11H13ClN2O.C9H10FNO.C5H9NO.C2H6/c12-9-3-5-10(6-4-9)13-11(15)14-7-1-2-8-14;1-8(10)5-7-11-6-3-2-4-9(11)12;1-3-5(2)6-4-7;1-2/h3-6H,1-2,7-8H2,(H,13,15);2-6H,7H2,1H3;3-4H,1-2H3,(H,6,7);1-2H3/b;8-5+;5-3+;. The topological polar surface area (TPSA) is 83.4 Å². The molecule has 0 saturated carbocycles. The number of pyridine rings is 1. The molecule has 2 aromatic rings. The lowest BCUT2D eigenvalue weighted by Gasteiger charge is -2.16. The van der Waals surface area contributed by atoms with Gasteiger partial charge in [-0.2, -0.15) is 0 Å². The summed E-state index contributed by atoms with van der Waals surface area (Å²) in [6.45, 7) is 11.1. The van der Waals surface area contributed by atoms with Crippen LogP contribution in [0.4, 0.5) is 14.9 Å². The van der Waals surface area contributed by atoms with E-state index in [0.717, 1.165) is 37.3 Å². The molecule has 0 aliphatic carbocycles. The van der Waals surface area contributed by atoms with Crippen LogP contribution in [0.15, 0.2) is 77.1 Å². The maximum atomic E-state index is 12.3. The molecule has 1 aromatic heterocycles. The van der Waals surface area contributed by atoms with Crippen LogP contribution in [-0.2, 0) is 11.3 Å². The molecule has 1 aromatic carbocycles. The average molecular weight is 521 g/mol. The molecule has 3 rings (SSSR count). The molecule has 198 valence electrons. The van der Waals surface area contributed by atoms with Gasteiger partial charge in [-0.15, -0.1) is 0 Å². The van der Waals surface area contributed by atoms with E-state index in [2.05, 4.69) is 10.6 Å². The third-order valence-corrected chi connectivity index (χ3v) is 4.93. The SMILES string of the molecule is C/C(F)=C\Cn1ccccc1=O.C/C=C(\C)NC=O.CC.O=C(Nc1ccc(Cl)cc1)N1CCCC1. The zero-order valence-corrected chi connectivity index (χ0v) is 22.5. The van der Waals surface area contributed by atoms with Crippen molar-refractivity contribution in [3.8, 4) is 0 Å². The zero-order chi connectivity index (χ0) is 27.3. The molecule has 1 aliphatic heterocycles. The Kier molecular flexibility index (Phi) is 18.0. The monoisotopic (exact) mass is 520 g/mol. The van der Waals surface area contributed by atoms with E-state index in [4.69, 9.17) is 11.6 Å². The molecule has 3 amide bonds. The molecule has 0 unspecified atom stereocenters. The van der Waals surface area contributed by atoms with Gasteiger partial charge in [0.2, 0.25) is 6.41 Å². The lowest BCUT2D eigenvalue weighted by molar-refractivity contribution is -0.108. The first-order valence-electron chi connectivity index (χ1n) is 11.9. The maximum absolute atomic E-state index is 12.3. The highest BCUT2D eigenvalue weighted by molar-refractivity contribution is 6.30. The van der Waals surface area contributed by atoms with E-state index in [1.54, 1.807) is 42.6 Å². The number of nitrogens with one attached hydrogen (secondary N) is 2. The first-order valence-corrected chi connectivity index (χ1v) is 12.3. The number of halogens is 2. The molecule has 1 fully saturated rings. The van der Waals surface area contributed by atoms with Gasteiger partial charge in [-0.25, -0.2) is 9.18 Å². The molecule has 1 aliphatic rings. The van der Waals surface area contributed by atoms with Crippen LogP contribution in [0.2, 0.25) is 5.02 Å². The fraction of sp³-hybridized carbons (Fsp3) is 0.370. The third-order valence-electron chi connectivity index (χ3n) is 4.68. The predicted octanol–water partition coefficient (Wildman–Crippen LogP) is 6.37. The number of likely N-dealkylation sites (tertiary alicyclic amines) is 1. The highest BCUT2D eigenvalue weighted by atomic mass is 35.5. The highest BCUT2D eigenvalue weighted by Crippen LogP contribution is 2.15. The van der Waals surface area contributed by atoms with Crippen LogP contribution in [0.1, 0.15) is 47.5 Å². The number of amides is 3. The summed E-state index contributed by atoms with van der Waals surface area (Å²) in [4.78, 5) is 34.2. The van der Waals surface area contributed by atoms with Crippen LogP contribution in [-0.4, -0.2) is 35.0 Å². The summed E-state index contributed by atoms with van der Waals surface area (Å²) in [6.07, 6.45) is 7.69. The number of hydrogen-bond donors (Lipinski definition) is 2. The summed E-state index contributed by atoms with van der Waals surface area (Å²) in [7, 11) is 0. The number of aromatic nitrogens is 1. The van der Waals surface area contributed by atoms with Crippen molar-refractivity contribution in [3.63, 3.8) is 0 Å². The van der Waals surface area contributed by atoms with Crippen molar-refractivity contribution in [1.82, 2.24) is 14.8 Å². The summed E-state index contributed by atoms with van der Waals surface area (Å²) >= 11 is 5.75. The number of carbonyl (C=O) groups is 2.